The first-order valence-corrected chi connectivity index (χ1v) is 16.5. The summed E-state index contributed by atoms with van der Waals surface area (Å²) in [6.07, 6.45) is 0. The molecule has 11 rings (SSSR count). The molecule has 5 nitrogen and oxygen atoms in total. The van der Waals surface area contributed by atoms with Crippen molar-refractivity contribution >= 4 is 75.3 Å². The summed E-state index contributed by atoms with van der Waals surface area (Å²) >= 11 is 1.59. The molecular formula is C45H26N4OS. The van der Waals surface area contributed by atoms with Crippen LogP contribution in [0.4, 0.5) is 0 Å². The highest BCUT2D eigenvalue weighted by molar-refractivity contribution is 7.26. The van der Waals surface area contributed by atoms with Crippen molar-refractivity contribution in [1.29, 1.82) is 0 Å². The highest BCUT2D eigenvalue weighted by atomic mass is 32.1. The largest absolute Gasteiger partial charge is 0.455 e. The summed E-state index contributed by atoms with van der Waals surface area (Å²) in [6.45, 7) is 0. The Labute approximate surface area is 318 Å². The average Bonchev–Trinajstić information content (AvgIpc) is 4.01. The van der Waals surface area contributed by atoms with Gasteiger partial charge in [0.05, 0.1) is 38.5 Å². The summed E-state index contributed by atoms with van der Waals surface area (Å²) in [4.78, 5) is 14.3. The lowest BCUT2D eigenvalue weighted by Gasteiger charge is -2.11. The van der Waals surface area contributed by atoms with Crippen LogP contribution >= 0.6 is 11.3 Å². The minimum atomic E-state index is -0.779. The standard InChI is InChI=1S/C45H26N4OS/c1-2-11-27(12-3-1)28-21-23-29(24-22-28)43-46-44(35-17-10-16-32-30-13-5-8-19-38(30)50-41(32)35)48-45(47-43)49-36-18-7-4-15-34(36)40-37(49)26-25-33-31-14-6-9-20-39(31)51-42(33)40/h1-26H/i1D,2D,3D,5D,8D,10D,11D,12D,13D,16D,17D,19D,21D,22D,23D,24D. The zero-order valence-corrected chi connectivity index (χ0v) is 26.7. The van der Waals surface area contributed by atoms with Crippen molar-refractivity contribution in [3.05, 3.63) is 157 Å². The van der Waals surface area contributed by atoms with E-state index in [1.165, 1.54) is 0 Å². The number of furan rings is 1. The molecule has 0 saturated heterocycles. The molecule has 0 bridgehead atoms. The molecule has 0 atom stereocenters. The number of rotatable bonds is 4. The van der Waals surface area contributed by atoms with Crippen LogP contribution in [0.3, 0.4) is 0 Å². The first-order chi connectivity index (χ1) is 31.9. The minimum Gasteiger partial charge on any atom is -0.455 e. The van der Waals surface area contributed by atoms with E-state index in [1.54, 1.807) is 22.0 Å². The van der Waals surface area contributed by atoms with Crippen LogP contribution in [0.25, 0.3) is 104 Å². The molecule has 0 aliphatic heterocycles. The van der Waals surface area contributed by atoms with Crippen LogP contribution in [0, 0.1) is 0 Å². The zero-order valence-electron chi connectivity index (χ0n) is 41.9. The number of aromatic nitrogens is 4. The molecule has 4 aromatic heterocycles. The number of nitrogens with zero attached hydrogens (tertiary/aromatic N) is 4. The van der Waals surface area contributed by atoms with E-state index in [2.05, 4.69) is 4.98 Å². The molecule has 7 aromatic carbocycles. The molecule has 0 aliphatic rings. The first kappa shape index (κ1) is 16.9. The van der Waals surface area contributed by atoms with Gasteiger partial charge in [-0.2, -0.15) is 9.97 Å². The molecule has 0 spiro atoms. The summed E-state index contributed by atoms with van der Waals surface area (Å²) in [6, 6.07) is 8.25. The van der Waals surface area contributed by atoms with Gasteiger partial charge in [-0.1, -0.05) is 127 Å². The molecule has 4 heterocycles. The van der Waals surface area contributed by atoms with E-state index in [0.29, 0.717) is 11.0 Å². The lowest BCUT2D eigenvalue weighted by molar-refractivity contribution is 0.669. The summed E-state index contributed by atoms with van der Waals surface area (Å²) in [5.41, 5.74) is -1.45. The maximum absolute atomic E-state index is 9.34. The van der Waals surface area contributed by atoms with E-state index in [4.69, 9.17) is 32.2 Å². The molecule has 238 valence electrons. The molecule has 11 aromatic rings. The van der Waals surface area contributed by atoms with Crippen molar-refractivity contribution in [1.82, 2.24) is 19.5 Å². The van der Waals surface area contributed by atoms with Crippen LogP contribution in [0.5, 0.6) is 0 Å². The Balaban J connectivity index is 1.28. The minimum absolute atomic E-state index is 0.160. The number of fused-ring (bicyclic) bond motifs is 10. The van der Waals surface area contributed by atoms with Gasteiger partial charge in [0.25, 0.3) is 0 Å². The quantitative estimate of drug-likeness (QED) is 0.185. The van der Waals surface area contributed by atoms with E-state index in [9.17, 15) is 4.11 Å². The van der Waals surface area contributed by atoms with Gasteiger partial charge >= 0.3 is 0 Å². The molecule has 0 amide bonds. The van der Waals surface area contributed by atoms with Gasteiger partial charge in [-0.3, -0.25) is 4.57 Å². The van der Waals surface area contributed by atoms with E-state index in [0.717, 1.165) is 30.9 Å². The van der Waals surface area contributed by atoms with Gasteiger partial charge in [0.2, 0.25) is 5.95 Å². The van der Waals surface area contributed by atoms with Crippen LogP contribution < -0.4 is 0 Å². The number of thiophene rings is 1. The summed E-state index contributed by atoms with van der Waals surface area (Å²) < 4.78 is 150. The maximum atomic E-state index is 9.34. The highest BCUT2D eigenvalue weighted by Crippen LogP contribution is 2.43. The van der Waals surface area contributed by atoms with Gasteiger partial charge in [-0.15, -0.1) is 11.3 Å². The summed E-state index contributed by atoms with van der Waals surface area (Å²) in [5, 5.41) is 3.23. The third-order valence-corrected chi connectivity index (χ3v) is 9.97. The van der Waals surface area contributed by atoms with Gasteiger partial charge in [0, 0.05) is 47.3 Å². The monoisotopic (exact) mass is 686 g/mol. The third-order valence-electron chi connectivity index (χ3n) is 8.76. The summed E-state index contributed by atoms with van der Waals surface area (Å²) in [5.74, 6) is -1.06. The fourth-order valence-electron chi connectivity index (χ4n) is 6.55. The fourth-order valence-corrected chi connectivity index (χ4v) is 7.81. The number of hydrogen-bond acceptors (Lipinski definition) is 5. The van der Waals surface area contributed by atoms with Crippen LogP contribution in [0.15, 0.2) is 162 Å². The normalized spacial score (nSPS) is 16.3. The van der Waals surface area contributed by atoms with Gasteiger partial charge < -0.3 is 4.42 Å². The molecule has 0 saturated carbocycles. The third kappa shape index (κ3) is 4.30. The van der Waals surface area contributed by atoms with Crippen molar-refractivity contribution in [2.45, 2.75) is 0 Å². The second-order valence-corrected chi connectivity index (χ2v) is 12.6. The van der Waals surface area contributed by atoms with Gasteiger partial charge in [0.1, 0.15) is 11.2 Å². The number of para-hydroxylation sites is 3. The molecule has 0 radical (unpaired) electrons. The Bertz CT molecular complexity index is 4030. The Morgan fingerprint density at radius 1 is 0.529 bits per heavy atom. The van der Waals surface area contributed by atoms with Crippen LogP contribution in [-0.4, -0.2) is 19.5 Å². The van der Waals surface area contributed by atoms with Crippen molar-refractivity contribution in [2.75, 3.05) is 0 Å². The molecule has 6 heteroatoms. The molecule has 0 aliphatic carbocycles. The van der Waals surface area contributed by atoms with Crippen LogP contribution in [-0.2, 0) is 0 Å². The Morgan fingerprint density at radius 2 is 1.25 bits per heavy atom. The van der Waals surface area contributed by atoms with Crippen molar-refractivity contribution in [3.8, 4) is 39.9 Å². The van der Waals surface area contributed by atoms with E-state index in [-0.39, 0.29) is 33.5 Å². The second-order valence-electron chi connectivity index (χ2n) is 11.6. The Morgan fingerprint density at radius 3 is 2.16 bits per heavy atom. The maximum Gasteiger partial charge on any atom is 0.238 e. The molecule has 51 heavy (non-hydrogen) atoms. The van der Waals surface area contributed by atoms with Crippen molar-refractivity contribution in [3.63, 3.8) is 0 Å². The second kappa shape index (κ2) is 10.9. The highest BCUT2D eigenvalue weighted by Gasteiger charge is 2.22. The van der Waals surface area contributed by atoms with E-state index < -0.39 is 125 Å². The van der Waals surface area contributed by atoms with Crippen molar-refractivity contribution in [2.24, 2.45) is 0 Å². The first-order valence-electron chi connectivity index (χ1n) is 23.6. The topological polar surface area (TPSA) is 56.7 Å². The predicted molar refractivity (Wildman–Crippen MR) is 211 cm³/mol. The summed E-state index contributed by atoms with van der Waals surface area (Å²) in [7, 11) is 0. The molecule has 0 N–H and O–H groups in total. The Kier molecular flexibility index (Phi) is 3.61. The average molecular weight is 687 g/mol. The Hall–Kier alpha value is -6.63. The smallest absolute Gasteiger partial charge is 0.238 e. The van der Waals surface area contributed by atoms with Crippen LogP contribution in [0.1, 0.15) is 21.9 Å². The molecule has 0 fully saturated rings. The van der Waals surface area contributed by atoms with Crippen molar-refractivity contribution < 1.29 is 26.3 Å². The molecule has 0 unspecified atom stereocenters. The number of hydrogen-bond donors (Lipinski definition) is 0. The lowest BCUT2D eigenvalue weighted by atomic mass is 10.0. The van der Waals surface area contributed by atoms with Gasteiger partial charge in [-0.05, 0) is 41.4 Å². The van der Waals surface area contributed by atoms with Gasteiger partial charge in [-0.25, -0.2) is 4.98 Å². The van der Waals surface area contributed by atoms with Crippen LogP contribution in [0.2, 0.25) is 0 Å². The van der Waals surface area contributed by atoms with E-state index in [1.807, 2.05) is 54.6 Å². The zero-order chi connectivity index (χ0) is 47.4. The van der Waals surface area contributed by atoms with Gasteiger partial charge in [0.15, 0.2) is 11.6 Å². The van der Waals surface area contributed by atoms with E-state index >= 15 is 0 Å². The lowest BCUT2D eigenvalue weighted by Crippen LogP contribution is -2.06. The predicted octanol–water partition coefficient (Wildman–Crippen LogP) is 12.2. The molecular weight excluding hydrogens is 645 g/mol. The SMILES string of the molecule is [2H]c1c([2H])c([2H])c(-c2c([2H])c([2H])c(-c3nc(-c4c([2H])c([2H])c([2H])c5c4oc4c([2H])c([2H])c([2H])c([2H])c45)nc(-n4c5ccccc5c5c6sc7ccccc7c6ccc54)n3)c([2H])c2[2H])c([2H])c1[2H]. The number of benzene rings is 7. The fraction of sp³-hybridized carbons (Fsp3) is 0.